The van der Waals surface area contributed by atoms with Crippen molar-refractivity contribution in [3.05, 3.63) is 71.8 Å². The molecule has 0 aliphatic carbocycles. The molecule has 1 aliphatic heterocycles. The molecule has 0 saturated carbocycles. The van der Waals surface area contributed by atoms with Crippen molar-refractivity contribution in [2.75, 3.05) is 24.6 Å². The maximum atomic E-state index is 12.7. The first kappa shape index (κ1) is 21.0. The molecule has 29 heavy (non-hydrogen) atoms. The molecule has 0 bridgehead atoms. The number of benzene rings is 2. The fourth-order valence-electron chi connectivity index (χ4n) is 3.54. The Kier molecular flexibility index (Phi) is 6.97. The number of carbonyl (C=O) groups excluding carboxylic acids is 1. The molecule has 1 saturated heterocycles. The highest BCUT2D eigenvalue weighted by atomic mass is 16.5. The van der Waals surface area contributed by atoms with E-state index in [0.717, 1.165) is 30.1 Å². The van der Waals surface area contributed by atoms with Gasteiger partial charge in [-0.2, -0.15) is 0 Å². The van der Waals surface area contributed by atoms with Crippen molar-refractivity contribution < 1.29 is 9.53 Å². The quantitative estimate of drug-likeness (QED) is 0.644. The number of piperidine rings is 1. The summed E-state index contributed by atoms with van der Waals surface area (Å²) in [5.41, 5.74) is 3.90. The molecule has 154 valence electrons. The lowest BCUT2D eigenvalue weighted by Crippen LogP contribution is -2.32. The molecule has 1 N–H and O–H groups in total. The summed E-state index contributed by atoms with van der Waals surface area (Å²) in [4.78, 5) is 15.1. The van der Waals surface area contributed by atoms with Gasteiger partial charge in [0.1, 0.15) is 12.4 Å². The van der Waals surface area contributed by atoms with Gasteiger partial charge in [-0.05, 0) is 74.1 Å². The van der Waals surface area contributed by atoms with Gasteiger partial charge >= 0.3 is 0 Å². The highest BCUT2D eigenvalue weighted by molar-refractivity contribution is 5.94. The molecule has 2 aromatic rings. The Morgan fingerprint density at radius 3 is 2.55 bits per heavy atom. The molecule has 3 rings (SSSR count). The van der Waals surface area contributed by atoms with Crippen LogP contribution in [0, 0.1) is 5.92 Å². The second-order valence-electron chi connectivity index (χ2n) is 8.23. The third-order valence-electron chi connectivity index (χ3n) is 5.47. The van der Waals surface area contributed by atoms with Gasteiger partial charge in [0.25, 0.3) is 5.91 Å². The maximum Gasteiger partial charge on any atom is 0.251 e. The van der Waals surface area contributed by atoms with Crippen LogP contribution in [0.5, 0.6) is 5.75 Å². The zero-order valence-corrected chi connectivity index (χ0v) is 17.8. The molecule has 0 radical (unpaired) electrons. The third kappa shape index (κ3) is 5.86. The number of carbonyl (C=O) groups is 1. The number of rotatable bonds is 7. The third-order valence-corrected chi connectivity index (χ3v) is 5.47. The van der Waals surface area contributed by atoms with Crippen LogP contribution in [0.2, 0.25) is 0 Å². The van der Waals surface area contributed by atoms with Crippen LogP contribution in [0.4, 0.5) is 5.69 Å². The standard InChI is InChI=1S/C25H32N2O2/c1-18(2)17-29-24-7-5-6-22(16-24)25(28)26-20(4)21-8-10-23(11-9-21)27-14-12-19(3)13-15-27/h5-11,16,19-20H,1,12-15,17H2,2-4H3,(H,26,28)/t20-/m0/s1. The van der Waals surface area contributed by atoms with Crippen molar-refractivity contribution in [3.63, 3.8) is 0 Å². The van der Waals surface area contributed by atoms with Gasteiger partial charge in [0, 0.05) is 24.3 Å². The van der Waals surface area contributed by atoms with E-state index >= 15 is 0 Å². The molecule has 0 aromatic heterocycles. The van der Waals surface area contributed by atoms with E-state index in [0.29, 0.717) is 17.9 Å². The average Bonchev–Trinajstić information content (AvgIpc) is 2.73. The highest BCUT2D eigenvalue weighted by Gasteiger charge is 2.17. The second kappa shape index (κ2) is 9.64. The van der Waals surface area contributed by atoms with Crippen LogP contribution in [0.15, 0.2) is 60.7 Å². The summed E-state index contributed by atoms with van der Waals surface area (Å²) in [7, 11) is 0. The largest absolute Gasteiger partial charge is 0.489 e. The predicted molar refractivity (Wildman–Crippen MR) is 120 cm³/mol. The van der Waals surface area contributed by atoms with Gasteiger partial charge in [-0.3, -0.25) is 4.79 Å². The van der Waals surface area contributed by atoms with Crippen molar-refractivity contribution >= 4 is 11.6 Å². The molecular formula is C25H32N2O2. The van der Waals surface area contributed by atoms with Gasteiger partial charge in [-0.25, -0.2) is 0 Å². The first-order chi connectivity index (χ1) is 13.9. The van der Waals surface area contributed by atoms with Crippen LogP contribution in [0.3, 0.4) is 0 Å². The lowest BCUT2D eigenvalue weighted by atomic mass is 9.98. The van der Waals surface area contributed by atoms with Gasteiger partial charge in [-0.1, -0.05) is 31.7 Å². The van der Waals surface area contributed by atoms with Crippen LogP contribution < -0.4 is 15.0 Å². The summed E-state index contributed by atoms with van der Waals surface area (Å²) in [5, 5.41) is 3.08. The Hall–Kier alpha value is -2.75. The van der Waals surface area contributed by atoms with E-state index in [1.54, 1.807) is 12.1 Å². The number of nitrogens with zero attached hydrogens (tertiary/aromatic N) is 1. The molecular weight excluding hydrogens is 360 g/mol. The zero-order valence-electron chi connectivity index (χ0n) is 17.8. The normalized spacial score (nSPS) is 15.6. The number of hydrogen-bond donors (Lipinski definition) is 1. The van der Waals surface area contributed by atoms with Crippen LogP contribution in [0.1, 0.15) is 55.6 Å². The minimum absolute atomic E-state index is 0.0714. The minimum atomic E-state index is -0.104. The zero-order chi connectivity index (χ0) is 20.8. The molecule has 0 spiro atoms. The molecule has 1 atom stereocenters. The van der Waals surface area contributed by atoms with Gasteiger partial charge in [0.05, 0.1) is 6.04 Å². The van der Waals surface area contributed by atoms with Crippen LogP contribution in [-0.2, 0) is 0 Å². The Bertz CT molecular complexity index is 836. The number of hydrogen-bond acceptors (Lipinski definition) is 3. The molecule has 4 nitrogen and oxygen atoms in total. The van der Waals surface area contributed by atoms with Gasteiger partial charge in [-0.15, -0.1) is 0 Å². The lowest BCUT2D eigenvalue weighted by molar-refractivity contribution is 0.0939. The topological polar surface area (TPSA) is 41.6 Å². The average molecular weight is 393 g/mol. The van der Waals surface area contributed by atoms with E-state index in [4.69, 9.17) is 4.74 Å². The SMILES string of the molecule is C=C(C)COc1cccc(C(=O)N[C@@H](C)c2ccc(N3CCC(C)CC3)cc2)c1. The fraction of sp³-hybridized carbons (Fsp3) is 0.400. The van der Waals surface area contributed by atoms with E-state index in [-0.39, 0.29) is 11.9 Å². The summed E-state index contributed by atoms with van der Waals surface area (Å²) in [6.07, 6.45) is 2.51. The number of ether oxygens (including phenoxy) is 1. The smallest absolute Gasteiger partial charge is 0.251 e. The second-order valence-corrected chi connectivity index (χ2v) is 8.23. The van der Waals surface area contributed by atoms with Crippen molar-refractivity contribution in [2.45, 2.75) is 39.7 Å². The van der Waals surface area contributed by atoms with E-state index < -0.39 is 0 Å². The van der Waals surface area contributed by atoms with Crippen molar-refractivity contribution in [1.29, 1.82) is 0 Å². The Balaban J connectivity index is 1.59. The minimum Gasteiger partial charge on any atom is -0.489 e. The van der Waals surface area contributed by atoms with Crippen LogP contribution >= 0.6 is 0 Å². The fourth-order valence-corrected chi connectivity index (χ4v) is 3.54. The van der Waals surface area contributed by atoms with Crippen molar-refractivity contribution in [2.24, 2.45) is 5.92 Å². The van der Waals surface area contributed by atoms with Gasteiger partial charge < -0.3 is 15.0 Å². The van der Waals surface area contributed by atoms with Gasteiger partial charge in [0.15, 0.2) is 0 Å². The van der Waals surface area contributed by atoms with Gasteiger partial charge in [0.2, 0.25) is 0 Å². The lowest BCUT2D eigenvalue weighted by Gasteiger charge is -2.32. The summed E-state index contributed by atoms with van der Waals surface area (Å²) < 4.78 is 5.64. The molecule has 2 aromatic carbocycles. The number of amides is 1. The summed E-state index contributed by atoms with van der Waals surface area (Å²) in [6.45, 7) is 12.8. The first-order valence-corrected chi connectivity index (χ1v) is 10.5. The highest BCUT2D eigenvalue weighted by Crippen LogP contribution is 2.25. The van der Waals surface area contributed by atoms with Crippen molar-refractivity contribution in [3.8, 4) is 5.75 Å². The molecule has 1 heterocycles. The maximum absolute atomic E-state index is 12.7. The van der Waals surface area contributed by atoms with E-state index in [1.807, 2.05) is 26.0 Å². The predicted octanol–water partition coefficient (Wildman–Crippen LogP) is 5.37. The molecule has 1 amide bonds. The number of anilines is 1. The van der Waals surface area contributed by atoms with E-state index in [9.17, 15) is 4.79 Å². The first-order valence-electron chi connectivity index (χ1n) is 10.5. The monoisotopic (exact) mass is 392 g/mol. The summed E-state index contributed by atoms with van der Waals surface area (Å²) >= 11 is 0. The molecule has 1 fully saturated rings. The van der Waals surface area contributed by atoms with Crippen LogP contribution in [-0.4, -0.2) is 25.6 Å². The Morgan fingerprint density at radius 1 is 1.21 bits per heavy atom. The van der Waals surface area contributed by atoms with Crippen LogP contribution in [0.25, 0.3) is 0 Å². The van der Waals surface area contributed by atoms with Crippen molar-refractivity contribution in [1.82, 2.24) is 5.32 Å². The molecule has 0 unspecified atom stereocenters. The summed E-state index contributed by atoms with van der Waals surface area (Å²) in [6, 6.07) is 15.7. The Labute approximate surface area is 174 Å². The summed E-state index contributed by atoms with van der Waals surface area (Å²) in [5.74, 6) is 1.39. The molecule has 4 heteroatoms. The van der Waals surface area contributed by atoms with E-state index in [2.05, 4.69) is 48.0 Å². The number of nitrogens with one attached hydrogen (secondary N) is 1. The molecule has 1 aliphatic rings. The Morgan fingerprint density at radius 2 is 1.90 bits per heavy atom. The van der Waals surface area contributed by atoms with E-state index in [1.165, 1.54) is 18.5 Å².